The van der Waals surface area contributed by atoms with E-state index in [0.717, 1.165) is 22.9 Å². The number of imide groups is 1. The first-order chi connectivity index (χ1) is 10.5. The number of nitrogens with zero attached hydrogens (tertiary/aromatic N) is 1. The number of amides is 2. The highest BCUT2D eigenvalue weighted by Crippen LogP contribution is 2.35. The van der Waals surface area contributed by atoms with Crippen LogP contribution in [-0.4, -0.2) is 16.3 Å². The number of rotatable bonds is 2. The molecular formula is C17H13NO3S. The highest BCUT2D eigenvalue weighted by Gasteiger charge is 2.36. The average molecular weight is 311 g/mol. The molecular weight excluding hydrogens is 298 g/mol. The van der Waals surface area contributed by atoms with Crippen LogP contribution in [0, 0.1) is 6.92 Å². The first kappa shape index (κ1) is 14.4. The fourth-order valence-electron chi connectivity index (χ4n) is 2.11. The van der Waals surface area contributed by atoms with E-state index in [-0.39, 0.29) is 16.9 Å². The number of hydrogen-bond acceptors (Lipinski definition) is 4. The molecule has 0 aromatic heterocycles. The van der Waals surface area contributed by atoms with Gasteiger partial charge in [-0.25, -0.2) is 4.90 Å². The summed E-state index contributed by atoms with van der Waals surface area (Å²) in [5.41, 5.74) is 2.39. The number of benzene rings is 2. The van der Waals surface area contributed by atoms with Crippen molar-refractivity contribution in [3.05, 3.63) is 64.6 Å². The second kappa shape index (κ2) is 5.69. The van der Waals surface area contributed by atoms with Gasteiger partial charge in [0.2, 0.25) is 0 Å². The third-order valence-corrected chi connectivity index (χ3v) is 4.15. The molecule has 0 bridgehead atoms. The third kappa shape index (κ3) is 2.76. The van der Waals surface area contributed by atoms with Gasteiger partial charge in [-0.05, 0) is 54.6 Å². The number of phenols is 1. The summed E-state index contributed by atoms with van der Waals surface area (Å²) in [5, 5.41) is 8.96. The molecule has 2 aromatic rings. The van der Waals surface area contributed by atoms with Gasteiger partial charge in [0.15, 0.2) is 0 Å². The molecule has 2 aromatic carbocycles. The van der Waals surface area contributed by atoms with Crippen LogP contribution >= 0.6 is 11.8 Å². The summed E-state index contributed by atoms with van der Waals surface area (Å²) >= 11 is 0.916. The number of carbonyl (C=O) groups excluding carboxylic acids is 2. The van der Waals surface area contributed by atoms with E-state index < -0.39 is 0 Å². The Kier molecular flexibility index (Phi) is 3.73. The van der Waals surface area contributed by atoms with Crippen molar-refractivity contribution in [1.29, 1.82) is 0 Å². The molecule has 0 unspecified atom stereocenters. The lowest BCUT2D eigenvalue weighted by Gasteiger charge is -2.12. The van der Waals surface area contributed by atoms with Gasteiger partial charge >= 0.3 is 0 Å². The molecule has 1 heterocycles. The average Bonchev–Trinajstić information content (AvgIpc) is 2.77. The Balaban J connectivity index is 1.91. The van der Waals surface area contributed by atoms with E-state index in [0.29, 0.717) is 10.6 Å². The SMILES string of the molecule is Cc1ccc(N2C(=O)SC(=Cc3ccc(O)cc3)C2=O)cc1. The fourth-order valence-corrected chi connectivity index (χ4v) is 2.95. The lowest BCUT2D eigenvalue weighted by molar-refractivity contribution is -0.113. The van der Waals surface area contributed by atoms with Crippen molar-refractivity contribution < 1.29 is 14.7 Å². The van der Waals surface area contributed by atoms with Crippen molar-refractivity contribution in [1.82, 2.24) is 0 Å². The van der Waals surface area contributed by atoms with Gasteiger partial charge in [-0.1, -0.05) is 29.8 Å². The Morgan fingerprint density at radius 1 is 1.00 bits per heavy atom. The summed E-state index contributed by atoms with van der Waals surface area (Å²) in [7, 11) is 0. The van der Waals surface area contributed by atoms with Crippen molar-refractivity contribution >= 4 is 34.7 Å². The second-order valence-corrected chi connectivity index (χ2v) is 5.94. The molecule has 1 aliphatic heterocycles. The van der Waals surface area contributed by atoms with E-state index in [1.165, 1.54) is 17.0 Å². The van der Waals surface area contributed by atoms with E-state index in [1.807, 2.05) is 19.1 Å². The summed E-state index contributed by atoms with van der Waals surface area (Å²) in [6.45, 7) is 1.95. The van der Waals surface area contributed by atoms with E-state index in [4.69, 9.17) is 0 Å². The van der Waals surface area contributed by atoms with Crippen LogP contribution in [0.2, 0.25) is 0 Å². The lowest BCUT2D eigenvalue weighted by Crippen LogP contribution is -2.27. The molecule has 22 heavy (non-hydrogen) atoms. The molecule has 1 N–H and O–H groups in total. The lowest BCUT2D eigenvalue weighted by atomic mass is 10.2. The fraction of sp³-hybridized carbons (Fsp3) is 0.0588. The zero-order chi connectivity index (χ0) is 15.7. The van der Waals surface area contributed by atoms with E-state index in [1.54, 1.807) is 30.3 Å². The van der Waals surface area contributed by atoms with E-state index >= 15 is 0 Å². The minimum Gasteiger partial charge on any atom is -0.508 e. The Bertz CT molecular complexity index is 763. The maximum absolute atomic E-state index is 12.4. The highest BCUT2D eigenvalue weighted by molar-refractivity contribution is 8.19. The van der Waals surface area contributed by atoms with Gasteiger partial charge in [-0.2, -0.15) is 0 Å². The summed E-state index contributed by atoms with van der Waals surface area (Å²) in [4.78, 5) is 26.1. The Labute approximate surface area is 132 Å². The Hall–Kier alpha value is -2.53. The zero-order valence-corrected chi connectivity index (χ0v) is 12.6. The van der Waals surface area contributed by atoms with E-state index in [2.05, 4.69) is 0 Å². The van der Waals surface area contributed by atoms with Crippen LogP contribution in [-0.2, 0) is 4.79 Å². The van der Waals surface area contributed by atoms with Crippen molar-refractivity contribution in [2.75, 3.05) is 4.90 Å². The smallest absolute Gasteiger partial charge is 0.298 e. The second-order valence-electron chi connectivity index (χ2n) is 4.94. The number of thioether (sulfide) groups is 1. The van der Waals surface area contributed by atoms with Crippen molar-refractivity contribution in [2.24, 2.45) is 0 Å². The van der Waals surface area contributed by atoms with Crippen LogP contribution in [0.5, 0.6) is 5.75 Å². The van der Waals surface area contributed by atoms with Gasteiger partial charge in [-0.15, -0.1) is 0 Å². The minimum atomic E-state index is -0.327. The maximum Gasteiger partial charge on any atom is 0.298 e. The van der Waals surface area contributed by atoms with Crippen LogP contribution in [0.15, 0.2) is 53.4 Å². The maximum atomic E-state index is 12.4. The molecule has 3 rings (SSSR count). The number of aromatic hydroxyl groups is 1. The van der Waals surface area contributed by atoms with Gasteiger partial charge in [0.1, 0.15) is 5.75 Å². The predicted octanol–water partition coefficient (Wildman–Crippen LogP) is 3.94. The van der Waals surface area contributed by atoms with Crippen LogP contribution in [0.4, 0.5) is 10.5 Å². The molecule has 4 nitrogen and oxygen atoms in total. The standard InChI is InChI=1S/C17H13NO3S/c1-11-2-6-13(7-3-11)18-16(20)15(22-17(18)21)10-12-4-8-14(19)9-5-12/h2-10,19H,1H3. The van der Waals surface area contributed by atoms with Crippen LogP contribution in [0.1, 0.15) is 11.1 Å². The zero-order valence-electron chi connectivity index (χ0n) is 11.8. The topological polar surface area (TPSA) is 57.6 Å². The number of carbonyl (C=O) groups is 2. The molecule has 110 valence electrons. The van der Waals surface area contributed by atoms with Crippen LogP contribution < -0.4 is 4.90 Å². The minimum absolute atomic E-state index is 0.157. The number of phenolic OH excluding ortho intramolecular Hbond substituents is 1. The van der Waals surface area contributed by atoms with Gasteiger partial charge < -0.3 is 5.11 Å². The summed E-state index contributed by atoms with van der Waals surface area (Å²) in [6, 6.07) is 13.7. The largest absolute Gasteiger partial charge is 0.508 e. The van der Waals surface area contributed by atoms with Gasteiger partial charge in [-0.3, -0.25) is 9.59 Å². The Morgan fingerprint density at radius 2 is 1.64 bits per heavy atom. The first-order valence-electron chi connectivity index (χ1n) is 6.68. The van der Waals surface area contributed by atoms with Crippen LogP contribution in [0.25, 0.3) is 6.08 Å². The molecule has 0 spiro atoms. The number of aryl methyl sites for hydroxylation is 1. The molecule has 1 fully saturated rings. The number of anilines is 1. The van der Waals surface area contributed by atoms with Gasteiger partial charge in [0.05, 0.1) is 10.6 Å². The molecule has 2 amide bonds. The third-order valence-electron chi connectivity index (χ3n) is 3.28. The molecule has 1 aliphatic rings. The van der Waals surface area contributed by atoms with Gasteiger partial charge in [0, 0.05) is 0 Å². The monoisotopic (exact) mass is 311 g/mol. The van der Waals surface area contributed by atoms with Crippen molar-refractivity contribution in [3.63, 3.8) is 0 Å². The molecule has 0 aliphatic carbocycles. The summed E-state index contributed by atoms with van der Waals surface area (Å²) in [6.07, 6.45) is 1.65. The van der Waals surface area contributed by atoms with Gasteiger partial charge in [0.25, 0.3) is 11.1 Å². The van der Waals surface area contributed by atoms with E-state index in [9.17, 15) is 14.7 Å². The number of hydrogen-bond donors (Lipinski definition) is 1. The predicted molar refractivity (Wildman–Crippen MR) is 87.7 cm³/mol. The quantitative estimate of drug-likeness (QED) is 0.853. The molecule has 0 radical (unpaired) electrons. The summed E-state index contributed by atoms with van der Waals surface area (Å²) < 4.78 is 0. The van der Waals surface area contributed by atoms with Crippen molar-refractivity contribution in [2.45, 2.75) is 6.92 Å². The highest BCUT2D eigenvalue weighted by atomic mass is 32.2. The van der Waals surface area contributed by atoms with Crippen LogP contribution in [0.3, 0.4) is 0 Å². The summed E-state index contributed by atoms with van der Waals surface area (Å²) in [5.74, 6) is -0.170. The Morgan fingerprint density at radius 3 is 2.27 bits per heavy atom. The van der Waals surface area contributed by atoms with Crippen molar-refractivity contribution in [3.8, 4) is 5.75 Å². The molecule has 1 saturated heterocycles. The molecule has 5 heteroatoms. The first-order valence-corrected chi connectivity index (χ1v) is 7.50. The molecule has 0 saturated carbocycles. The normalized spacial score (nSPS) is 16.6. The molecule has 0 atom stereocenters.